The molecule has 1 aromatic carbocycles. The number of nitrogens with zero attached hydrogens (tertiary/aromatic N) is 1. The van der Waals surface area contributed by atoms with E-state index in [4.69, 9.17) is 9.47 Å². The van der Waals surface area contributed by atoms with Gasteiger partial charge < -0.3 is 40.5 Å². The summed E-state index contributed by atoms with van der Waals surface area (Å²) in [6, 6.07) is 3.22. The second-order valence-corrected chi connectivity index (χ2v) is 15.5. The van der Waals surface area contributed by atoms with Crippen molar-refractivity contribution in [1.29, 1.82) is 0 Å². The molecule has 2 heterocycles. The highest BCUT2D eigenvalue weighted by molar-refractivity contribution is 6.12. The number of ether oxygens (including phenoxy) is 2. The van der Waals surface area contributed by atoms with E-state index >= 15 is 0 Å². The number of rotatable bonds is 19. The maximum absolute atomic E-state index is 13.4. The van der Waals surface area contributed by atoms with E-state index in [2.05, 4.69) is 10.6 Å². The molecular weight excluding hydrogens is 718 g/mol. The number of unbranched alkanes of at least 4 members (excludes halogenated alkanes) is 2. The van der Waals surface area contributed by atoms with E-state index in [0.29, 0.717) is 36.0 Å². The summed E-state index contributed by atoms with van der Waals surface area (Å²) < 4.78 is 10.9. The number of amides is 4. The summed E-state index contributed by atoms with van der Waals surface area (Å²) in [5.41, 5.74) is 0.968. The van der Waals surface area contributed by atoms with Crippen molar-refractivity contribution in [2.75, 3.05) is 6.54 Å². The monoisotopic (exact) mass is 773 g/mol. The van der Waals surface area contributed by atoms with Crippen molar-refractivity contribution >= 4 is 41.4 Å². The Labute approximate surface area is 320 Å². The number of esters is 1. The molecule has 0 bridgehead atoms. The van der Waals surface area contributed by atoms with E-state index in [0.717, 1.165) is 4.90 Å². The van der Waals surface area contributed by atoms with Gasteiger partial charge in [-0.15, -0.1) is 0 Å². The molecule has 55 heavy (non-hydrogen) atoms. The minimum Gasteiger partial charge on any atom is -0.479 e. The number of benzene rings is 1. The zero-order valence-electron chi connectivity index (χ0n) is 32.3. The Morgan fingerprint density at radius 3 is 2.15 bits per heavy atom. The van der Waals surface area contributed by atoms with Gasteiger partial charge in [0, 0.05) is 31.5 Å². The van der Waals surface area contributed by atoms with Crippen LogP contribution in [-0.4, -0.2) is 116 Å². The van der Waals surface area contributed by atoms with Crippen LogP contribution in [-0.2, 0) is 62.5 Å². The number of aliphatic carboxylic acids is 1. The van der Waals surface area contributed by atoms with Crippen LogP contribution in [0.5, 0.6) is 0 Å². The van der Waals surface area contributed by atoms with Crippen LogP contribution >= 0.6 is 0 Å². The lowest BCUT2D eigenvalue weighted by atomic mass is 9.90. The van der Waals surface area contributed by atoms with E-state index in [1.165, 1.54) is 19.1 Å². The Bertz CT molecular complexity index is 1600. The van der Waals surface area contributed by atoms with Crippen LogP contribution in [0.15, 0.2) is 30.4 Å². The third kappa shape index (κ3) is 12.8. The normalized spacial score (nSPS) is 22.4. The first-order valence-corrected chi connectivity index (χ1v) is 18.6. The van der Waals surface area contributed by atoms with Crippen molar-refractivity contribution in [3.05, 3.63) is 47.0 Å². The molecule has 0 unspecified atom stereocenters. The topological polar surface area (TPSA) is 246 Å². The van der Waals surface area contributed by atoms with Gasteiger partial charge in [-0.1, -0.05) is 38.5 Å². The van der Waals surface area contributed by atoms with Crippen LogP contribution < -0.4 is 10.6 Å². The molecule has 4 amide bonds. The molecule has 1 fully saturated rings. The molecule has 0 aromatic heterocycles. The zero-order chi connectivity index (χ0) is 41.2. The fourth-order valence-electron chi connectivity index (χ4n) is 6.12. The van der Waals surface area contributed by atoms with Gasteiger partial charge in [0.15, 0.2) is 11.9 Å². The van der Waals surface area contributed by atoms with E-state index in [9.17, 15) is 54.0 Å². The largest absolute Gasteiger partial charge is 0.479 e. The van der Waals surface area contributed by atoms with Gasteiger partial charge >= 0.3 is 11.9 Å². The van der Waals surface area contributed by atoms with Crippen LogP contribution in [0.2, 0.25) is 0 Å². The van der Waals surface area contributed by atoms with Gasteiger partial charge in [0.05, 0.1) is 17.6 Å². The molecule has 0 saturated carbocycles. The van der Waals surface area contributed by atoms with Crippen molar-refractivity contribution in [2.45, 2.75) is 136 Å². The van der Waals surface area contributed by atoms with Gasteiger partial charge in [0.1, 0.15) is 31.0 Å². The van der Waals surface area contributed by atoms with Gasteiger partial charge in [-0.3, -0.25) is 33.7 Å². The summed E-state index contributed by atoms with van der Waals surface area (Å²) in [5, 5.41) is 45.7. The van der Waals surface area contributed by atoms with Crippen molar-refractivity contribution < 1.29 is 63.5 Å². The smallest absolute Gasteiger partial charge is 0.335 e. The maximum atomic E-state index is 13.4. The molecular formula is C39H55N3O13. The van der Waals surface area contributed by atoms with Gasteiger partial charge in [-0.2, -0.15) is 0 Å². The number of nitrogens with one attached hydrogen (secondary N) is 2. The van der Waals surface area contributed by atoms with Crippen molar-refractivity contribution in [3.63, 3.8) is 0 Å². The van der Waals surface area contributed by atoms with E-state index in [1.54, 1.807) is 52.8 Å². The molecule has 3 rings (SSSR count). The number of imide groups is 1. The number of aryl methyl sites for hydroxylation is 1. The molecule has 0 radical (unpaired) electrons. The molecule has 2 aliphatic rings. The number of carbonyl (C=O) groups excluding carboxylic acids is 6. The first-order valence-electron chi connectivity index (χ1n) is 18.6. The van der Waals surface area contributed by atoms with Crippen LogP contribution in [0.3, 0.4) is 0 Å². The van der Waals surface area contributed by atoms with Crippen LogP contribution in [0.4, 0.5) is 0 Å². The van der Waals surface area contributed by atoms with Crippen molar-refractivity contribution in [3.8, 4) is 0 Å². The molecule has 2 aliphatic heterocycles. The molecule has 304 valence electrons. The molecule has 16 nitrogen and oxygen atoms in total. The summed E-state index contributed by atoms with van der Waals surface area (Å²) in [6.45, 7) is 10.3. The predicted molar refractivity (Wildman–Crippen MR) is 196 cm³/mol. The van der Waals surface area contributed by atoms with E-state index < -0.39 is 65.9 Å². The summed E-state index contributed by atoms with van der Waals surface area (Å²) >= 11 is 0. The number of Topliss-reactive ketones (excluding diaryl/α,β-unsaturated/α-hetero) is 1. The van der Waals surface area contributed by atoms with Gasteiger partial charge in [0.25, 0.3) is 11.8 Å². The number of carbonyl (C=O) groups is 7. The SMILES string of the molecule is CC(C)[C@H](NC(=O)CCCCCN1C(=O)C=CC1=O)C(=O)N[C@@H](C)C(=O)Cc1ccc(COC(=O)C(C)(C)C)c(CC[C@@H]2O[C@H](C(=O)O)[C@H](O)[C@H](O)[C@@H]2O)c1. The summed E-state index contributed by atoms with van der Waals surface area (Å²) in [7, 11) is 0. The quantitative estimate of drug-likeness (QED) is 0.0651. The number of hydrogen-bond acceptors (Lipinski definition) is 12. The molecule has 1 aromatic rings. The van der Waals surface area contributed by atoms with E-state index in [-0.39, 0.29) is 68.3 Å². The minimum atomic E-state index is -1.83. The fraction of sp³-hybridized carbons (Fsp3) is 0.615. The molecule has 7 atom stereocenters. The summed E-state index contributed by atoms with van der Waals surface area (Å²) in [6.07, 6.45) is -3.83. The zero-order valence-corrected chi connectivity index (χ0v) is 32.3. The number of ketones is 1. The van der Waals surface area contributed by atoms with Crippen LogP contribution in [0, 0.1) is 11.3 Å². The lowest BCUT2D eigenvalue weighted by Crippen LogP contribution is -2.59. The Kier molecular flexibility index (Phi) is 16.2. The predicted octanol–water partition coefficient (Wildman–Crippen LogP) is 0.886. The van der Waals surface area contributed by atoms with Crippen molar-refractivity contribution in [2.24, 2.45) is 11.3 Å². The number of aliphatic hydroxyl groups excluding tert-OH is 3. The van der Waals surface area contributed by atoms with E-state index in [1.807, 2.05) is 0 Å². The third-order valence-corrected chi connectivity index (χ3v) is 9.57. The Morgan fingerprint density at radius 2 is 1.55 bits per heavy atom. The van der Waals surface area contributed by atoms with Crippen LogP contribution in [0.25, 0.3) is 0 Å². The fourth-order valence-corrected chi connectivity index (χ4v) is 6.12. The first-order chi connectivity index (χ1) is 25.7. The highest BCUT2D eigenvalue weighted by Gasteiger charge is 2.46. The summed E-state index contributed by atoms with van der Waals surface area (Å²) in [4.78, 5) is 87.9. The van der Waals surface area contributed by atoms with Crippen molar-refractivity contribution in [1.82, 2.24) is 15.5 Å². The Balaban J connectivity index is 1.62. The average molecular weight is 774 g/mol. The number of carboxylic acid groups (broad SMARTS) is 1. The summed E-state index contributed by atoms with van der Waals surface area (Å²) in [5.74, 6) is -4.17. The maximum Gasteiger partial charge on any atom is 0.335 e. The number of aliphatic hydroxyl groups is 3. The second kappa shape index (κ2) is 19.9. The van der Waals surface area contributed by atoms with Gasteiger partial charge in [-0.25, -0.2) is 4.79 Å². The minimum absolute atomic E-state index is 0.0133. The Morgan fingerprint density at radius 1 is 0.891 bits per heavy atom. The molecule has 1 saturated heterocycles. The molecule has 0 spiro atoms. The lowest BCUT2D eigenvalue weighted by Gasteiger charge is -2.39. The Hall–Kier alpha value is -4.51. The molecule has 0 aliphatic carbocycles. The third-order valence-electron chi connectivity index (χ3n) is 9.57. The number of carboxylic acids is 1. The first kappa shape index (κ1) is 44.9. The molecule has 16 heteroatoms. The molecule has 6 N–H and O–H groups in total. The standard InChI is InChI=1S/C39H55N3O13/c1-21(2)31(41-28(44)10-8-7-9-17-42-29(45)15-16-30(42)46)36(50)40-22(3)26(43)19-23-11-12-25(20-54-38(53)39(4,5)6)24(18-23)13-14-27-32(47)33(48)34(49)35(55-27)37(51)52/h11-12,15-16,18,21-22,27,31-35,47-49H,7-10,13-14,17,19-20H2,1-6H3,(H,40,50)(H,41,44)(H,51,52)/t22-,27-,31-,32+,33+,34+,35-/m0/s1. The van der Waals surface area contributed by atoms with Gasteiger partial charge in [0.2, 0.25) is 11.8 Å². The average Bonchev–Trinajstić information content (AvgIpc) is 3.43. The highest BCUT2D eigenvalue weighted by Crippen LogP contribution is 2.27. The van der Waals surface area contributed by atoms with Gasteiger partial charge in [-0.05, 0) is 76.0 Å². The lowest BCUT2D eigenvalue weighted by molar-refractivity contribution is -0.228. The van der Waals surface area contributed by atoms with Crippen LogP contribution in [0.1, 0.15) is 90.3 Å². The number of hydrogen-bond donors (Lipinski definition) is 6. The second-order valence-electron chi connectivity index (χ2n) is 15.5. The highest BCUT2D eigenvalue weighted by atomic mass is 16.6.